The van der Waals surface area contributed by atoms with Gasteiger partial charge in [-0.15, -0.1) is 0 Å². The van der Waals surface area contributed by atoms with E-state index >= 15 is 0 Å². The third kappa shape index (κ3) is 5.04. The zero-order valence-corrected chi connectivity index (χ0v) is 14.9. The molecule has 1 amide bonds. The predicted molar refractivity (Wildman–Crippen MR) is 94.5 cm³/mol. The number of benzene rings is 2. The van der Waals surface area contributed by atoms with E-state index in [0.29, 0.717) is 10.7 Å². The molecule has 132 valence electrons. The average Bonchev–Trinajstić information content (AvgIpc) is 2.61. The first-order chi connectivity index (χ1) is 11.8. The summed E-state index contributed by atoms with van der Waals surface area (Å²) in [5, 5.41) is 3.07. The van der Waals surface area contributed by atoms with Gasteiger partial charge < -0.3 is 10.1 Å². The maximum atomic E-state index is 12.1. The van der Waals surface area contributed by atoms with Crippen molar-refractivity contribution in [3.05, 3.63) is 59.1 Å². The summed E-state index contributed by atoms with van der Waals surface area (Å²) in [5.41, 5.74) is 0.406. The van der Waals surface area contributed by atoms with E-state index < -0.39 is 28.3 Å². The summed E-state index contributed by atoms with van der Waals surface area (Å²) in [6.07, 6.45) is 0. The van der Waals surface area contributed by atoms with Crippen molar-refractivity contribution in [3.8, 4) is 0 Å². The lowest BCUT2D eigenvalue weighted by Crippen LogP contribution is -2.22. The molecule has 0 heterocycles. The molecule has 0 bridgehead atoms. The Bertz CT molecular complexity index is 878. The Balaban J connectivity index is 2.03. The molecule has 0 unspecified atom stereocenters. The average molecular weight is 382 g/mol. The maximum absolute atomic E-state index is 12.1. The van der Waals surface area contributed by atoms with Crippen LogP contribution in [-0.2, 0) is 19.4 Å². The summed E-state index contributed by atoms with van der Waals surface area (Å²) >= 11 is 5.75. The van der Waals surface area contributed by atoms with E-state index in [1.165, 1.54) is 31.2 Å². The summed E-state index contributed by atoms with van der Waals surface area (Å²) in [6.45, 7) is 0.943. The SMILES string of the molecule is CCS(=O)(=O)c1ccccc1C(=O)OCC(=O)Nc1ccc(Cl)cc1. The normalized spacial score (nSPS) is 11.0. The number of esters is 1. The van der Waals surface area contributed by atoms with E-state index in [1.54, 1.807) is 24.3 Å². The number of hydrogen-bond donors (Lipinski definition) is 1. The minimum absolute atomic E-state index is 0.0938. The monoisotopic (exact) mass is 381 g/mol. The highest BCUT2D eigenvalue weighted by molar-refractivity contribution is 7.91. The van der Waals surface area contributed by atoms with Gasteiger partial charge in [0.15, 0.2) is 16.4 Å². The molecule has 25 heavy (non-hydrogen) atoms. The molecule has 0 spiro atoms. The second-order valence-electron chi connectivity index (χ2n) is 5.03. The molecule has 6 nitrogen and oxygen atoms in total. The van der Waals surface area contributed by atoms with Gasteiger partial charge in [-0.05, 0) is 36.4 Å². The molecule has 0 aromatic heterocycles. The number of amides is 1. The summed E-state index contributed by atoms with van der Waals surface area (Å²) in [5.74, 6) is -1.57. The number of carbonyl (C=O) groups is 2. The van der Waals surface area contributed by atoms with Crippen molar-refractivity contribution < 1.29 is 22.7 Å². The fourth-order valence-electron chi connectivity index (χ4n) is 2.00. The lowest BCUT2D eigenvalue weighted by Gasteiger charge is -2.10. The van der Waals surface area contributed by atoms with Crippen LogP contribution in [0.1, 0.15) is 17.3 Å². The van der Waals surface area contributed by atoms with Gasteiger partial charge in [0.2, 0.25) is 0 Å². The summed E-state index contributed by atoms with van der Waals surface area (Å²) < 4.78 is 29.0. The van der Waals surface area contributed by atoms with Crippen LogP contribution in [0.4, 0.5) is 5.69 Å². The first kappa shape index (κ1) is 19.0. The van der Waals surface area contributed by atoms with Gasteiger partial charge >= 0.3 is 5.97 Å². The summed E-state index contributed by atoms with van der Waals surface area (Å²) in [7, 11) is -3.58. The van der Waals surface area contributed by atoms with Crippen molar-refractivity contribution in [1.82, 2.24) is 0 Å². The number of sulfone groups is 1. The highest BCUT2D eigenvalue weighted by Gasteiger charge is 2.22. The van der Waals surface area contributed by atoms with E-state index in [9.17, 15) is 18.0 Å². The largest absolute Gasteiger partial charge is 0.452 e. The van der Waals surface area contributed by atoms with E-state index in [-0.39, 0.29) is 16.2 Å². The number of rotatable bonds is 6. The molecule has 0 radical (unpaired) electrons. The van der Waals surface area contributed by atoms with Crippen LogP contribution in [0.3, 0.4) is 0 Å². The number of nitrogens with one attached hydrogen (secondary N) is 1. The summed E-state index contributed by atoms with van der Waals surface area (Å²) in [4.78, 5) is 23.9. The fourth-order valence-corrected chi connectivity index (χ4v) is 3.21. The molecule has 8 heteroatoms. The van der Waals surface area contributed by atoms with Crippen LogP contribution in [0.5, 0.6) is 0 Å². The van der Waals surface area contributed by atoms with Gasteiger partial charge in [-0.1, -0.05) is 30.7 Å². The van der Waals surface area contributed by atoms with Gasteiger partial charge in [0.25, 0.3) is 5.91 Å². The molecule has 0 aliphatic heterocycles. The molecule has 2 rings (SSSR count). The van der Waals surface area contributed by atoms with Crippen molar-refractivity contribution in [1.29, 1.82) is 0 Å². The Morgan fingerprint density at radius 3 is 2.36 bits per heavy atom. The van der Waals surface area contributed by atoms with Crippen LogP contribution in [0.15, 0.2) is 53.4 Å². The molecule has 1 N–H and O–H groups in total. The van der Waals surface area contributed by atoms with Gasteiger partial charge in [0.05, 0.1) is 16.2 Å². The van der Waals surface area contributed by atoms with Crippen molar-refractivity contribution in [3.63, 3.8) is 0 Å². The highest BCUT2D eigenvalue weighted by atomic mass is 35.5. The van der Waals surface area contributed by atoms with Crippen molar-refractivity contribution in [2.24, 2.45) is 0 Å². The van der Waals surface area contributed by atoms with Crippen molar-refractivity contribution >= 4 is 39.0 Å². The predicted octanol–water partition coefficient (Wildman–Crippen LogP) is 2.93. The number of anilines is 1. The number of halogens is 1. The Morgan fingerprint density at radius 1 is 1.08 bits per heavy atom. The first-order valence-electron chi connectivity index (χ1n) is 7.38. The third-order valence-corrected chi connectivity index (χ3v) is 5.32. The van der Waals surface area contributed by atoms with E-state index in [1.807, 2.05) is 0 Å². The molecule has 0 atom stereocenters. The molecular weight excluding hydrogens is 366 g/mol. The standard InChI is InChI=1S/C17H16ClNO5S/c1-2-25(22,23)15-6-4-3-5-14(15)17(21)24-11-16(20)19-13-9-7-12(18)8-10-13/h3-10H,2,11H2,1H3,(H,19,20). The van der Waals surface area contributed by atoms with E-state index in [2.05, 4.69) is 5.32 Å². The van der Waals surface area contributed by atoms with Gasteiger partial charge in [-0.2, -0.15) is 0 Å². The second-order valence-corrected chi connectivity index (χ2v) is 7.71. The quantitative estimate of drug-likeness (QED) is 0.777. The minimum Gasteiger partial charge on any atom is -0.452 e. The molecule has 2 aromatic rings. The van der Waals surface area contributed by atoms with Gasteiger partial charge in [0.1, 0.15) is 0 Å². The fraction of sp³-hybridized carbons (Fsp3) is 0.176. The number of carbonyl (C=O) groups excluding carboxylic acids is 2. The summed E-state index contributed by atoms with van der Waals surface area (Å²) in [6, 6.07) is 12.2. The van der Waals surface area contributed by atoms with Crippen molar-refractivity contribution in [2.75, 3.05) is 17.7 Å². The Morgan fingerprint density at radius 2 is 1.72 bits per heavy atom. The molecule has 0 aliphatic rings. The van der Waals surface area contributed by atoms with Crippen LogP contribution in [0.25, 0.3) is 0 Å². The van der Waals surface area contributed by atoms with Gasteiger partial charge in [-0.25, -0.2) is 13.2 Å². The first-order valence-corrected chi connectivity index (χ1v) is 9.41. The Kier molecular flexibility index (Phi) is 6.17. The second kappa shape index (κ2) is 8.13. The Hall–Kier alpha value is -2.38. The minimum atomic E-state index is -3.58. The zero-order chi connectivity index (χ0) is 18.4. The molecular formula is C17H16ClNO5S. The van der Waals surface area contributed by atoms with E-state index in [0.717, 1.165) is 0 Å². The van der Waals surface area contributed by atoms with Crippen LogP contribution in [0.2, 0.25) is 5.02 Å². The lowest BCUT2D eigenvalue weighted by molar-refractivity contribution is -0.119. The molecule has 0 saturated carbocycles. The number of hydrogen-bond acceptors (Lipinski definition) is 5. The topological polar surface area (TPSA) is 89.5 Å². The van der Waals surface area contributed by atoms with Crippen molar-refractivity contribution in [2.45, 2.75) is 11.8 Å². The van der Waals surface area contributed by atoms with Crippen LogP contribution < -0.4 is 5.32 Å². The van der Waals surface area contributed by atoms with E-state index in [4.69, 9.17) is 16.3 Å². The lowest BCUT2D eigenvalue weighted by atomic mass is 10.2. The molecule has 0 saturated heterocycles. The van der Waals surface area contributed by atoms with Crippen LogP contribution >= 0.6 is 11.6 Å². The Labute approximate surface area is 150 Å². The maximum Gasteiger partial charge on any atom is 0.339 e. The van der Waals surface area contributed by atoms with Crippen LogP contribution in [-0.4, -0.2) is 32.7 Å². The van der Waals surface area contributed by atoms with Gasteiger partial charge in [-0.3, -0.25) is 4.79 Å². The van der Waals surface area contributed by atoms with Gasteiger partial charge in [0, 0.05) is 10.7 Å². The zero-order valence-electron chi connectivity index (χ0n) is 13.4. The van der Waals surface area contributed by atoms with Crippen LogP contribution in [0, 0.1) is 0 Å². The number of ether oxygens (including phenoxy) is 1. The molecule has 0 fully saturated rings. The molecule has 2 aromatic carbocycles. The highest BCUT2D eigenvalue weighted by Crippen LogP contribution is 2.18. The smallest absolute Gasteiger partial charge is 0.339 e. The molecule has 0 aliphatic carbocycles. The third-order valence-electron chi connectivity index (χ3n) is 3.28.